The van der Waals surface area contributed by atoms with Crippen LogP contribution < -0.4 is 0 Å². The van der Waals surface area contributed by atoms with Gasteiger partial charge in [-0.1, -0.05) is 19.8 Å². The Labute approximate surface area is 84.1 Å². The van der Waals surface area contributed by atoms with E-state index in [1.807, 2.05) is 0 Å². The molecule has 0 saturated carbocycles. The molecule has 0 aromatic rings. The van der Waals surface area contributed by atoms with Gasteiger partial charge in [0.05, 0.1) is 0 Å². The van der Waals surface area contributed by atoms with Crippen molar-refractivity contribution in [3.63, 3.8) is 0 Å². The SMILES string of the molecule is CC1CC[N-]CC1.[Nd]. The van der Waals surface area contributed by atoms with Gasteiger partial charge in [-0.15, -0.1) is 13.1 Å². The van der Waals surface area contributed by atoms with Gasteiger partial charge in [-0.2, -0.15) is 0 Å². The molecule has 1 rings (SSSR count). The maximum absolute atomic E-state index is 4.23. The summed E-state index contributed by atoms with van der Waals surface area (Å²) >= 11 is 0. The summed E-state index contributed by atoms with van der Waals surface area (Å²) in [6.45, 7) is 4.52. The molecule has 0 atom stereocenters. The van der Waals surface area contributed by atoms with Crippen molar-refractivity contribution in [2.45, 2.75) is 19.8 Å². The number of rotatable bonds is 0. The quantitative estimate of drug-likeness (QED) is 0.615. The van der Waals surface area contributed by atoms with Gasteiger partial charge in [-0.25, -0.2) is 0 Å². The van der Waals surface area contributed by atoms with Gasteiger partial charge in [-0.05, 0) is 5.92 Å². The Kier molecular flexibility index (Phi) is 5.96. The first kappa shape index (κ1) is 9.31. The molecule has 0 radical (unpaired) electrons. The minimum atomic E-state index is 0. The second-order valence-corrected chi connectivity index (χ2v) is 2.35. The van der Waals surface area contributed by atoms with Gasteiger partial charge in [0, 0.05) is 40.8 Å². The molecule has 0 spiro atoms. The van der Waals surface area contributed by atoms with E-state index in [1.54, 1.807) is 0 Å². The molecule has 0 aromatic carbocycles. The summed E-state index contributed by atoms with van der Waals surface area (Å²) in [7, 11) is 0. The zero-order valence-electron chi connectivity index (χ0n) is 5.35. The van der Waals surface area contributed by atoms with Gasteiger partial charge in [0.15, 0.2) is 0 Å². The summed E-state index contributed by atoms with van der Waals surface area (Å²) in [5.74, 6) is 0.942. The Bertz CT molecular complexity index is 50.5. The van der Waals surface area contributed by atoms with Crippen molar-refractivity contribution in [3.8, 4) is 0 Å². The molecule has 0 unspecified atom stereocenters. The maximum atomic E-state index is 4.23. The molecule has 1 fully saturated rings. The van der Waals surface area contributed by atoms with E-state index in [1.165, 1.54) is 12.8 Å². The molecule has 0 aliphatic carbocycles. The molecule has 46 valence electrons. The molecular weight excluding hydrogens is 230 g/mol. The fourth-order valence-electron chi connectivity index (χ4n) is 0.879. The number of piperidine rings is 1. The molecular formula is C6H12NNd-. The summed E-state index contributed by atoms with van der Waals surface area (Å²) in [5.41, 5.74) is 0. The molecule has 0 amide bonds. The molecule has 1 nitrogen and oxygen atoms in total. The van der Waals surface area contributed by atoms with Crippen LogP contribution in [0.2, 0.25) is 0 Å². The maximum Gasteiger partial charge on any atom is 0 e. The largest absolute Gasteiger partial charge is 0.662 e. The standard InChI is InChI=1S/C6H12N.Nd/c1-6-2-4-7-5-3-6;/h6H,2-5H2,1H3;/q-1;. The van der Waals surface area contributed by atoms with Crippen molar-refractivity contribution in [1.82, 2.24) is 0 Å². The van der Waals surface area contributed by atoms with Gasteiger partial charge < -0.3 is 5.32 Å². The fraction of sp³-hybridized carbons (Fsp3) is 1.00. The van der Waals surface area contributed by atoms with Crippen LogP contribution in [0.3, 0.4) is 0 Å². The van der Waals surface area contributed by atoms with E-state index < -0.39 is 0 Å². The van der Waals surface area contributed by atoms with Crippen LogP contribution in [0, 0.1) is 46.8 Å². The first-order valence-corrected chi connectivity index (χ1v) is 3.03. The first-order chi connectivity index (χ1) is 3.39. The van der Waals surface area contributed by atoms with Crippen LogP contribution in [0.15, 0.2) is 0 Å². The van der Waals surface area contributed by atoms with Crippen LogP contribution >= 0.6 is 0 Å². The minimum Gasteiger partial charge on any atom is -0.662 e. The van der Waals surface area contributed by atoms with Gasteiger partial charge in [0.1, 0.15) is 0 Å². The fourth-order valence-corrected chi connectivity index (χ4v) is 0.879. The predicted molar refractivity (Wildman–Crippen MR) is 31.5 cm³/mol. The van der Waals surface area contributed by atoms with Crippen molar-refractivity contribution in [2.75, 3.05) is 13.1 Å². The Morgan fingerprint density at radius 2 is 1.75 bits per heavy atom. The molecule has 1 aliphatic rings. The monoisotopic (exact) mass is 240 g/mol. The summed E-state index contributed by atoms with van der Waals surface area (Å²) < 4.78 is 0. The van der Waals surface area contributed by atoms with Gasteiger partial charge in [0.25, 0.3) is 0 Å². The van der Waals surface area contributed by atoms with Crippen LogP contribution in [-0.4, -0.2) is 13.1 Å². The van der Waals surface area contributed by atoms with Crippen LogP contribution in [0.4, 0.5) is 0 Å². The van der Waals surface area contributed by atoms with Crippen molar-refractivity contribution in [1.29, 1.82) is 0 Å². The summed E-state index contributed by atoms with van der Waals surface area (Å²) in [4.78, 5) is 0. The third-order valence-electron chi connectivity index (χ3n) is 1.56. The van der Waals surface area contributed by atoms with Crippen LogP contribution in [0.1, 0.15) is 19.8 Å². The molecule has 0 aromatic heterocycles. The van der Waals surface area contributed by atoms with Crippen molar-refractivity contribution >= 4 is 0 Å². The molecule has 0 N–H and O–H groups in total. The van der Waals surface area contributed by atoms with E-state index in [0.29, 0.717) is 0 Å². The first-order valence-electron chi connectivity index (χ1n) is 3.03. The Balaban J connectivity index is 0.000000490. The van der Waals surface area contributed by atoms with Crippen molar-refractivity contribution < 1.29 is 40.8 Å². The third-order valence-corrected chi connectivity index (χ3v) is 1.56. The molecule has 8 heavy (non-hydrogen) atoms. The van der Waals surface area contributed by atoms with Crippen LogP contribution in [0.25, 0.3) is 5.32 Å². The van der Waals surface area contributed by atoms with E-state index in [2.05, 4.69) is 12.2 Å². The molecule has 1 saturated heterocycles. The van der Waals surface area contributed by atoms with E-state index in [4.69, 9.17) is 0 Å². The average Bonchev–Trinajstić information content (AvgIpc) is 1.69. The van der Waals surface area contributed by atoms with Gasteiger partial charge >= 0.3 is 0 Å². The van der Waals surface area contributed by atoms with E-state index in [9.17, 15) is 0 Å². The van der Waals surface area contributed by atoms with E-state index >= 15 is 0 Å². The summed E-state index contributed by atoms with van der Waals surface area (Å²) in [5, 5.41) is 4.23. The minimum absolute atomic E-state index is 0. The zero-order valence-corrected chi connectivity index (χ0v) is 8.56. The molecule has 1 aliphatic heterocycles. The second-order valence-electron chi connectivity index (χ2n) is 2.35. The third kappa shape index (κ3) is 3.36. The number of hydrogen-bond donors (Lipinski definition) is 0. The number of nitrogens with zero attached hydrogens (tertiary/aromatic N) is 1. The van der Waals surface area contributed by atoms with Gasteiger partial charge in [-0.3, -0.25) is 0 Å². The number of hydrogen-bond acceptors (Lipinski definition) is 0. The normalized spacial score (nSPS) is 22.1. The smallest absolute Gasteiger partial charge is 0 e. The van der Waals surface area contributed by atoms with E-state index in [-0.39, 0.29) is 40.8 Å². The zero-order chi connectivity index (χ0) is 5.11. The van der Waals surface area contributed by atoms with E-state index in [0.717, 1.165) is 19.0 Å². The van der Waals surface area contributed by atoms with Crippen molar-refractivity contribution in [3.05, 3.63) is 5.32 Å². The summed E-state index contributed by atoms with van der Waals surface area (Å²) in [6.07, 6.45) is 2.64. The molecule has 0 bridgehead atoms. The summed E-state index contributed by atoms with van der Waals surface area (Å²) in [6, 6.07) is 0. The second kappa shape index (κ2) is 5.12. The molecule has 2 heteroatoms. The van der Waals surface area contributed by atoms with Crippen molar-refractivity contribution in [2.24, 2.45) is 5.92 Å². The van der Waals surface area contributed by atoms with Crippen LogP contribution in [0.5, 0.6) is 0 Å². The van der Waals surface area contributed by atoms with Crippen LogP contribution in [-0.2, 0) is 0 Å². The molecule has 1 heterocycles. The van der Waals surface area contributed by atoms with Gasteiger partial charge in [0.2, 0.25) is 0 Å². The Hall–Kier alpha value is 1.31. The Morgan fingerprint density at radius 1 is 1.25 bits per heavy atom. The Morgan fingerprint density at radius 3 is 2.00 bits per heavy atom. The average molecular weight is 242 g/mol. The predicted octanol–water partition coefficient (Wildman–Crippen LogP) is 1.79. The topological polar surface area (TPSA) is 14.1 Å².